The molecule has 0 saturated carbocycles. The van der Waals surface area contributed by atoms with Gasteiger partial charge in [-0.25, -0.2) is 4.79 Å². The Balaban J connectivity index is 1.97. The van der Waals surface area contributed by atoms with Crippen LogP contribution in [0.25, 0.3) is 0 Å². The fraction of sp³-hybridized carbons (Fsp3) is 0.286. The summed E-state index contributed by atoms with van der Waals surface area (Å²) in [5.74, 6) is -0.899. The van der Waals surface area contributed by atoms with E-state index < -0.39 is 5.97 Å². The number of carbonyl (C=O) groups is 1. The molecule has 0 atom stereocenters. The number of rotatable bonds is 3. The van der Waals surface area contributed by atoms with E-state index in [4.69, 9.17) is 11.6 Å². The Morgan fingerprint density at radius 2 is 2.05 bits per heavy atom. The van der Waals surface area contributed by atoms with Gasteiger partial charge in [-0.15, -0.1) is 0 Å². The van der Waals surface area contributed by atoms with E-state index in [0.717, 1.165) is 36.1 Å². The lowest BCUT2D eigenvalue weighted by atomic mass is 10.2. The van der Waals surface area contributed by atoms with Gasteiger partial charge >= 0.3 is 5.97 Å². The van der Waals surface area contributed by atoms with Gasteiger partial charge in [-0.05, 0) is 37.0 Å². The zero-order valence-electron chi connectivity index (χ0n) is 10.3. The standard InChI is InChI=1S/C14H13ClN2O2/c15-10-6-4-9(5-7-10)8-17-13(14(18)19)11-2-1-3-12(11)16-17/h4-7H,1-3,8H2,(H,18,19). The van der Waals surface area contributed by atoms with Gasteiger partial charge in [0.1, 0.15) is 5.69 Å². The molecule has 2 aromatic rings. The largest absolute Gasteiger partial charge is 0.477 e. The molecular formula is C14H13ClN2O2. The van der Waals surface area contributed by atoms with Crippen LogP contribution in [0.1, 0.15) is 33.7 Å². The maximum atomic E-state index is 11.4. The van der Waals surface area contributed by atoms with E-state index in [9.17, 15) is 9.90 Å². The molecule has 19 heavy (non-hydrogen) atoms. The van der Waals surface area contributed by atoms with Crippen molar-refractivity contribution in [3.05, 3.63) is 51.8 Å². The molecular weight excluding hydrogens is 264 g/mol. The second-order valence-electron chi connectivity index (χ2n) is 4.72. The van der Waals surface area contributed by atoms with E-state index in [1.54, 1.807) is 16.8 Å². The number of carboxylic acid groups (broad SMARTS) is 1. The first-order valence-corrected chi connectivity index (χ1v) is 6.59. The quantitative estimate of drug-likeness (QED) is 0.938. The van der Waals surface area contributed by atoms with Gasteiger partial charge in [0.25, 0.3) is 0 Å². The van der Waals surface area contributed by atoms with Gasteiger partial charge in [-0.3, -0.25) is 4.68 Å². The van der Waals surface area contributed by atoms with Crippen molar-refractivity contribution in [2.75, 3.05) is 0 Å². The van der Waals surface area contributed by atoms with Crippen molar-refractivity contribution in [1.82, 2.24) is 9.78 Å². The second-order valence-corrected chi connectivity index (χ2v) is 5.15. The van der Waals surface area contributed by atoms with Crippen molar-refractivity contribution in [1.29, 1.82) is 0 Å². The Morgan fingerprint density at radius 3 is 2.74 bits per heavy atom. The molecule has 0 amide bonds. The molecule has 0 unspecified atom stereocenters. The summed E-state index contributed by atoms with van der Waals surface area (Å²) in [7, 11) is 0. The van der Waals surface area contributed by atoms with Crippen LogP contribution in [-0.2, 0) is 19.4 Å². The molecule has 0 saturated heterocycles. The number of halogens is 1. The number of benzene rings is 1. The lowest BCUT2D eigenvalue weighted by molar-refractivity contribution is 0.0682. The van der Waals surface area contributed by atoms with E-state index >= 15 is 0 Å². The highest BCUT2D eigenvalue weighted by Gasteiger charge is 2.26. The summed E-state index contributed by atoms with van der Waals surface area (Å²) >= 11 is 5.84. The SMILES string of the molecule is O=C(O)c1c2c(nn1Cc1ccc(Cl)cc1)CCC2. The topological polar surface area (TPSA) is 55.1 Å². The van der Waals surface area contributed by atoms with Crippen molar-refractivity contribution in [3.8, 4) is 0 Å². The van der Waals surface area contributed by atoms with Crippen LogP contribution in [-0.4, -0.2) is 20.9 Å². The number of aromatic carboxylic acids is 1. The van der Waals surface area contributed by atoms with Crippen molar-refractivity contribution in [2.45, 2.75) is 25.8 Å². The number of carboxylic acids is 1. The van der Waals surface area contributed by atoms with Gasteiger partial charge in [-0.1, -0.05) is 23.7 Å². The molecule has 1 N–H and O–H groups in total. The Labute approximate surface area is 115 Å². The van der Waals surface area contributed by atoms with E-state index in [0.29, 0.717) is 17.3 Å². The maximum absolute atomic E-state index is 11.4. The van der Waals surface area contributed by atoms with Gasteiger partial charge < -0.3 is 5.11 Å². The molecule has 4 nitrogen and oxygen atoms in total. The highest BCUT2D eigenvalue weighted by atomic mass is 35.5. The fourth-order valence-corrected chi connectivity index (χ4v) is 2.69. The third kappa shape index (κ3) is 2.24. The molecule has 1 aliphatic carbocycles. The third-order valence-corrected chi connectivity index (χ3v) is 3.67. The molecule has 1 aromatic carbocycles. The van der Waals surface area contributed by atoms with Crippen LogP contribution in [0, 0.1) is 0 Å². The molecule has 3 rings (SSSR count). The number of aryl methyl sites for hydroxylation is 1. The Bertz CT molecular complexity index is 632. The third-order valence-electron chi connectivity index (χ3n) is 3.42. The zero-order chi connectivity index (χ0) is 13.4. The van der Waals surface area contributed by atoms with Gasteiger partial charge in [0.15, 0.2) is 0 Å². The second kappa shape index (κ2) is 4.70. The van der Waals surface area contributed by atoms with Crippen molar-refractivity contribution >= 4 is 17.6 Å². The number of fused-ring (bicyclic) bond motifs is 1. The summed E-state index contributed by atoms with van der Waals surface area (Å²) in [6, 6.07) is 7.38. The van der Waals surface area contributed by atoms with E-state index in [2.05, 4.69) is 5.10 Å². The summed E-state index contributed by atoms with van der Waals surface area (Å²) in [6.45, 7) is 0.464. The first-order valence-electron chi connectivity index (χ1n) is 6.21. The highest BCUT2D eigenvalue weighted by molar-refractivity contribution is 6.30. The Morgan fingerprint density at radius 1 is 1.32 bits per heavy atom. The number of hydrogen-bond donors (Lipinski definition) is 1. The van der Waals surface area contributed by atoms with Gasteiger partial charge in [0.2, 0.25) is 0 Å². The fourth-order valence-electron chi connectivity index (χ4n) is 2.56. The van der Waals surface area contributed by atoms with Crippen LogP contribution in [0.4, 0.5) is 0 Å². The van der Waals surface area contributed by atoms with Gasteiger partial charge in [0, 0.05) is 10.6 Å². The maximum Gasteiger partial charge on any atom is 0.354 e. The van der Waals surface area contributed by atoms with E-state index in [1.165, 1.54) is 0 Å². The molecule has 0 fully saturated rings. The summed E-state index contributed by atoms with van der Waals surface area (Å²) in [5.41, 5.74) is 3.17. The molecule has 0 aliphatic heterocycles. The zero-order valence-corrected chi connectivity index (χ0v) is 11.0. The summed E-state index contributed by atoms with van der Waals surface area (Å²) < 4.78 is 1.59. The average molecular weight is 277 g/mol. The first kappa shape index (κ1) is 12.2. The van der Waals surface area contributed by atoms with Crippen molar-refractivity contribution < 1.29 is 9.90 Å². The van der Waals surface area contributed by atoms with Crippen LogP contribution < -0.4 is 0 Å². The molecule has 1 aliphatic rings. The Hall–Kier alpha value is -1.81. The van der Waals surface area contributed by atoms with Crippen LogP contribution in [0.5, 0.6) is 0 Å². The molecule has 1 aromatic heterocycles. The van der Waals surface area contributed by atoms with Crippen LogP contribution in [0.15, 0.2) is 24.3 Å². The van der Waals surface area contributed by atoms with E-state index in [-0.39, 0.29) is 0 Å². The van der Waals surface area contributed by atoms with Gasteiger partial charge in [-0.2, -0.15) is 5.10 Å². The molecule has 0 radical (unpaired) electrons. The molecule has 98 valence electrons. The number of hydrogen-bond acceptors (Lipinski definition) is 2. The lowest BCUT2D eigenvalue weighted by Gasteiger charge is -2.06. The molecule has 1 heterocycles. The minimum Gasteiger partial charge on any atom is -0.477 e. The summed E-state index contributed by atoms with van der Waals surface area (Å²) in [6.07, 6.45) is 2.69. The normalized spacial score (nSPS) is 13.5. The van der Waals surface area contributed by atoms with Crippen LogP contribution >= 0.6 is 11.6 Å². The highest BCUT2D eigenvalue weighted by Crippen LogP contribution is 2.25. The Kier molecular flexibility index (Phi) is 3.03. The van der Waals surface area contributed by atoms with Crippen LogP contribution in [0.2, 0.25) is 5.02 Å². The monoisotopic (exact) mass is 276 g/mol. The van der Waals surface area contributed by atoms with Crippen LogP contribution in [0.3, 0.4) is 0 Å². The lowest BCUT2D eigenvalue weighted by Crippen LogP contribution is -2.12. The predicted molar refractivity (Wildman–Crippen MR) is 71.8 cm³/mol. The smallest absolute Gasteiger partial charge is 0.354 e. The summed E-state index contributed by atoms with van der Waals surface area (Å²) in [5, 5.41) is 14.5. The minimum atomic E-state index is -0.899. The van der Waals surface area contributed by atoms with Crippen molar-refractivity contribution in [2.24, 2.45) is 0 Å². The van der Waals surface area contributed by atoms with Gasteiger partial charge in [0.05, 0.1) is 12.2 Å². The molecule has 0 spiro atoms. The molecule has 5 heteroatoms. The average Bonchev–Trinajstić information content (AvgIpc) is 2.91. The van der Waals surface area contributed by atoms with E-state index in [1.807, 2.05) is 12.1 Å². The van der Waals surface area contributed by atoms with Crippen molar-refractivity contribution in [3.63, 3.8) is 0 Å². The molecule has 0 bridgehead atoms. The number of aromatic nitrogens is 2. The summed E-state index contributed by atoms with van der Waals surface area (Å²) in [4.78, 5) is 11.4. The number of nitrogens with zero attached hydrogens (tertiary/aromatic N) is 2. The first-order chi connectivity index (χ1) is 9.15. The minimum absolute atomic E-state index is 0.336. The predicted octanol–water partition coefficient (Wildman–Crippen LogP) is 2.77.